The Kier molecular flexibility index (Phi) is 4.08. The predicted molar refractivity (Wildman–Crippen MR) is 75.6 cm³/mol. The molecule has 0 radical (unpaired) electrons. The summed E-state index contributed by atoms with van der Waals surface area (Å²) in [5.74, 6) is -0.436. The highest BCUT2D eigenvalue weighted by atomic mass is 16.5. The van der Waals surface area contributed by atoms with E-state index in [1.807, 2.05) is 44.2 Å². The fraction of sp³-hybridized carbons (Fsp3) is 0.333. The molecule has 0 amide bonds. The van der Waals surface area contributed by atoms with Gasteiger partial charge in [-0.25, -0.2) is 9.48 Å². The van der Waals surface area contributed by atoms with Crippen LogP contribution >= 0.6 is 0 Å². The number of nitrogens with zero attached hydrogens (tertiary/aromatic N) is 2. The minimum absolute atomic E-state index is 0.120. The van der Waals surface area contributed by atoms with Gasteiger partial charge in [-0.1, -0.05) is 32.0 Å². The van der Waals surface area contributed by atoms with Crippen LogP contribution in [0.2, 0.25) is 0 Å². The minimum Gasteiger partial charge on any atom is -0.477 e. The van der Waals surface area contributed by atoms with Gasteiger partial charge in [0, 0.05) is 0 Å². The number of carboxylic acid groups (broad SMARTS) is 1. The SMILES string of the molecule is Cc1nn(-c2ccccc2)c(OCC(C)C)c1C(=O)O. The molecular formula is C15H18N2O3. The summed E-state index contributed by atoms with van der Waals surface area (Å²) in [4.78, 5) is 11.4. The van der Waals surface area contributed by atoms with Gasteiger partial charge in [-0.15, -0.1) is 0 Å². The van der Waals surface area contributed by atoms with E-state index < -0.39 is 5.97 Å². The zero-order valence-electron chi connectivity index (χ0n) is 11.8. The first-order valence-corrected chi connectivity index (χ1v) is 6.51. The Labute approximate surface area is 117 Å². The molecule has 0 saturated carbocycles. The van der Waals surface area contributed by atoms with Crippen molar-refractivity contribution in [2.45, 2.75) is 20.8 Å². The van der Waals surface area contributed by atoms with Gasteiger partial charge in [0.15, 0.2) is 0 Å². The van der Waals surface area contributed by atoms with E-state index in [1.165, 1.54) is 0 Å². The third-order valence-corrected chi connectivity index (χ3v) is 2.79. The topological polar surface area (TPSA) is 64.4 Å². The Morgan fingerprint density at radius 2 is 2.00 bits per heavy atom. The summed E-state index contributed by atoms with van der Waals surface area (Å²) in [7, 11) is 0. The average molecular weight is 274 g/mol. The van der Waals surface area contributed by atoms with E-state index in [4.69, 9.17) is 4.74 Å². The number of hydrogen-bond acceptors (Lipinski definition) is 3. The Morgan fingerprint density at radius 1 is 1.35 bits per heavy atom. The third-order valence-electron chi connectivity index (χ3n) is 2.79. The van der Waals surface area contributed by atoms with Crippen molar-refractivity contribution >= 4 is 5.97 Å². The maximum absolute atomic E-state index is 11.4. The van der Waals surface area contributed by atoms with Gasteiger partial charge in [0.2, 0.25) is 5.88 Å². The highest BCUT2D eigenvalue weighted by molar-refractivity contribution is 5.91. The number of carboxylic acids is 1. The van der Waals surface area contributed by atoms with Gasteiger partial charge in [-0.3, -0.25) is 0 Å². The summed E-state index contributed by atoms with van der Waals surface area (Å²) in [5.41, 5.74) is 1.34. The average Bonchev–Trinajstić information content (AvgIpc) is 2.74. The second-order valence-corrected chi connectivity index (χ2v) is 5.02. The number of aromatic carboxylic acids is 1. The minimum atomic E-state index is -1.02. The molecule has 1 N–H and O–H groups in total. The maximum atomic E-state index is 11.4. The number of benzene rings is 1. The van der Waals surface area contributed by atoms with Crippen molar-refractivity contribution in [2.75, 3.05) is 6.61 Å². The van der Waals surface area contributed by atoms with Gasteiger partial charge in [0.25, 0.3) is 0 Å². The third kappa shape index (κ3) is 2.82. The Hall–Kier alpha value is -2.30. The van der Waals surface area contributed by atoms with Crippen molar-refractivity contribution in [3.63, 3.8) is 0 Å². The lowest BCUT2D eigenvalue weighted by molar-refractivity contribution is 0.0690. The van der Waals surface area contributed by atoms with E-state index in [0.29, 0.717) is 18.2 Å². The molecule has 0 saturated heterocycles. The van der Waals surface area contributed by atoms with Gasteiger partial charge >= 0.3 is 5.97 Å². The molecule has 0 atom stereocenters. The molecule has 2 rings (SSSR count). The summed E-state index contributed by atoms with van der Waals surface area (Å²) in [6.45, 7) is 6.14. The van der Waals surface area contributed by atoms with Crippen LogP contribution in [0, 0.1) is 12.8 Å². The van der Waals surface area contributed by atoms with Crippen LogP contribution in [-0.2, 0) is 0 Å². The highest BCUT2D eigenvalue weighted by Gasteiger charge is 2.23. The smallest absolute Gasteiger partial charge is 0.343 e. The quantitative estimate of drug-likeness (QED) is 0.910. The maximum Gasteiger partial charge on any atom is 0.343 e. The number of hydrogen-bond donors (Lipinski definition) is 1. The lowest BCUT2D eigenvalue weighted by Gasteiger charge is -2.11. The predicted octanol–water partition coefficient (Wildman–Crippen LogP) is 2.91. The van der Waals surface area contributed by atoms with E-state index in [-0.39, 0.29) is 11.4 Å². The summed E-state index contributed by atoms with van der Waals surface area (Å²) < 4.78 is 7.23. The number of para-hydroxylation sites is 1. The van der Waals surface area contributed by atoms with Crippen molar-refractivity contribution in [1.82, 2.24) is 9.78 Å². The van der Waals surface area contributed by atoms with Gasteiger partial charge in [-0.2, -0.15) is 5.10 Å². The first-order valence-electron chi connectivity index (χ1n) is 6.51. The van der Waals surface area contributed by atoms with Crippen LogP contribution in [0.15, 0.2) is 30.3 Å². The zero-order valence-corrected chi connectivity index (χ0v) is 11.8. The zero-order chi connectivity index (χ0) is 14.7. The molecule has 0 fully saturated rings. The van der Waals surface area contributed by atoms with Crippen molar-refractivity contribution < 1.29 is 14.6 Å². The Bertz CT molecular complexity index is 603. The molecule has 0 aliphatic heterocycles. The van der Waals surface area contributed by atoms with Gasteiger partial charge in [0.05, 0.1) is 18.0 Å². The van der Waals surface area contributed by atoms with Crippen LogP contribution in [0.5, 0.6) is 5.88 Å². The lowest BCUT2D eigenvalue weighted by atomic mass is 10.2. The van der Waals surface area contributed by atoms with E-state index in [2.05, 4.69) is 5.10 Å². The molecule has 0 unspecified atom stereocenters. The molecule has 1 aromatic heterocycles. The Balaban J connectivity index is 2.51. The van der Waals surface area contributed by atoms with Crippen LogP contribution in [0.25, 0.3) is 5.69 Å². The van der Waals surface area contributed by atoms with E-state index in [0.717, 1.165) is 5.69 Å². The lowest BCUT2D eigenvalue weighted by Crippen LogP contribution is -2.11. The molecule has 0 aliphatic rings. The van der Waals surface area contributed by atoms with E-state index >= 15 is 0 Å². The monoisotopic (exact) mass is 274 g/mol. The van der Waals surface area contributed by atoms with Crippen molar-refractivity contribution in [3.05, 3.63) is 41.6 Å². The molecular weight excluding hydrogens is 256 g/mol. The molecule has 106 valence electrons. The summed E-state index contributed by atoms with van der Waals surface area (Å²) in [6, 6.07) is 9.37. The number of ether oxygens (including phenoxy) is 1. The first kappa shape index (κ1) is 14.1. The largest absolute Gasteiger partial charge is 0.477 e. The molecule has 5 nitrogen and oxygen atoms in total. The molecule has 0 spiro atoms. The molecule has 0 aliphatic carbocycles. The van der Waals surface area contributed by atoms with Gasteiger partial charge in [0.1, 0.15) is 5.56 Å². The molecule has 1 aromatic carbocycles. The number of aromatic nitrogens is 2. The molecule has 2 aromatic rings. The summed E-state index contributed by atoms with van der Waals surface area (Å²) in [5, 5.41) is 13.6. The van der Waals surface area contributed by atoms with Crippen LogP contribution in [0.3, 0.4) is 0 Å². The molecule has 1 heterocycles. The second kappa shape index (κ2) is 5.77. The van der Waals surface area contributed by atoms with Crippen molar-refractivity contribution in [2.24, 2.45) is 5.92 Å². The fourth-order valence-electron chi connectivity index (χ4n) is 1.88. The van der Waals surface area contributed by atoms with Crippen LogP contribution in [0.1, 0.15) is 29.9 Å². The van der Waals surface area contributed by atoms with Crippen molar-refractivity contribution in [3.8, 4) is 11.6 Å². The number of aryl methyl sites for hydroxylation is 1. The van der Waals surface area contributed by atoms with Gasteiger partial charge < -0.3 is 9.84 Å². The number of rotatable bonds is 5. The normalized spacial score (nSPS) is 10.8. The second-order valence-electron chi connectivity index (χ2n) is 5.02. The number of carbonyl (C=O) groups is 1. The van der Waals surface area contributed by atoms with Crippen LogP contribution in [-0.4, -0.2) is 27.5 Å². The molecule has 20 heavy (non-hydrogen) atoms. The van der Waals surface area contributed by atoms with Crippen LogP contribution in [0.4, 0.5) is 0 Å². The van der Waals surface area contributed by atoms with E-state index in [1.54, 1.807) is 11.6 Å². The fourth-order valence-corrected chi connectivity index (χ4v) is 1.88. The summed E-state index contributed by atoms with van der Waals surface area (Å²) in [6.07, 6.45) is 0. The molecule has 5 heteroatoms. The Morgan fingerprint density at radius 3 is 2.55 bits per heavy atom. The van der Waals surface area contributed by atoms with Crippen LogP contribution < -0.4 is 4.74 Å². The highest BCUT2D eigenvalue weighted by Crippen LogP contribution is 2.26. The molecule has 0 bridgehead atoms. The van der Waals surface area contributed by atoms with Crippen molar-refractivity contribution in [1.29, 1.82) is 0 Å². The van der Waals surface area contributed by atoms with Gasteiger partial charge in [-0.05, 0) is 25.0 Å². The van der Waals surface area contributed by atoms with E-state index in [9.17, 15) is 9.90 Å². The first-order chi connectivity index (χ1) is 9.50. The summed E-state index contributed by atoms with van der Waals surface area (Å²) >= 11 is 0. The standard InChI is InChI=1S/C15H18N2O3/c1-10(2)9-20-14-13(15(18)19)11(3)16-17(14)12-7-5-4-6-8-12/h4-8,10H,9H2,1-3H3,(H,18,19).